The summed E-state index contributed by atoms with van der Waals surface area (Å²) in [6.07, 6.45) is 0. The second-order valence-corrected chi connectivity index (χ2v) is 6.44. The van der Waals surface area contributed by atoms with Crippen LogP contribution in [-0.4, -0.2) is 18.4 Å². The van der Waals surface area contributed by atoms with Crippen LogP contribution in [0.15, 0.2) is 42.5 Å². The molecule has 0 spiro atoms. The molecule has 25 heavy (non-hydrogen) atoms. The van der Waals surface area contributed by atoms with E-state index in [9.17, 15) is 9.59 Å². The molecule has 0 fully saturated rings. The average molecular weight is 339 g/mol. The molecule has 2 aromatic rings. The summed E-state index contributed by atoms with van der Waals surface area (Å²) in [6.45, 7) is 7.82. The van der Waals surface area contributed by atoms with E-state index < -0.39 is 0 Å². The molecule has 0 heterocycles. The fourth-order valence-corrected chi connectivity index (χ4v) is 2.32. The van der Waals surface area contributed by atoms with Gasteiger partial charge in [0.1, 0.15) is 0 Å². The van der Waals surface area contributed by atoms with Crippen LogP contribution < -0.4 is 16.0 Å². The number of rotatable bonds is 6. The van der Waals surface area contributed by atoms with Gasteiger partial charge in [-0.25, -0.2) is 0 Å². The first-order valence-corrected chi connectivity index (χ1v) is 8.37. The van der Waals surface area contributed by atoms with Gasteiger partial charge in [0.25, 0.3) is 0 Å². The molecule has 0 saturated carbocycles. The Morgan fingerprint density at radius 1 is 0.960 bits per heavy atom. The van der Waals surface area contributed by atoms with Crippen LogP contribution >= 0.6 is 0 Å². The van der Waals surface area contributed by atoms with Crippen molar-refractivity contribution >= 4 is 28.9 Å². The molecule has 0 aliphatic carbocycles. The normalized spacial score (nSPS) is 10.4. The number of carbonyl (C=O) groups excluding carboxylic acids is 2. The van der Waals surface area contributed by atoms with Crippen LogP contribution in [0.1, 0.15) is 25.0 Å². The second kappa shape index (κ2) is 8.33. The van der Waals surface area contributed by atoms with Crippen LogP contribution in [0.3, 0.4) is 0 Å². The molecule has 0 aliphatic heterocycles. The Bertz CT molecular complexity index is 769. The lowest BCUT2D eigenvalue weighted by Crippen LogP contribution is -2.22. The van der Waals surface area contributed by atoms with Crippen LogP contribution in [0.2, 0.25) is 0 Å². The Labute approximate surface area is 148 Å². The van der Waals surface area contributed by atoms with Crippen molar-refractivity contribution in [3.8, 4) is 0 Å². The van der Waals surface area contributed by atoms with E-state index in [4.69, 9.17) is 0 Å². The molecule has 0 unspecified atom stereocenters. The number of benzene rings is 2. The zero-order chi connectivity index (χ0) is 18.4. The Balaban J connectivity index is 1.92. The number of carbonyl (C=O) groups is 2. The molecule has 2 amide bonds. The highest BCUT2D eigenvalue weighted by Crippen LogP contribution is 2.17. The highest BCUT2D eigenvalue weighted by molar-refractivity contribution is 5.95. The summed E-state index contributed by atoms with van der Waals surface area (Å²) in [7, 11) is 0. The fraction of sp³-hybridized carbons (Fsp3) is 0.300. The molecule has 0 bridgehead atoms. The average Bonchev–Trinajstić information content (AvgIpc) is 2.56. The first kappa shape index (κ1) is 18.5. The van der Waals surface area contributed by atoms with Gasteiger partial charge < -0.3 is 16.0 Å². The second-order valence-electron chi connectivity index (χ2n) is 6.44. The molecular formula is C20H25N3O2. The molecule has 2 rings (SSSR count). The van der Waals surface area contributed by atoms with Gasteiger partial charge in [0.15, 0.2) is 0 Å². The quantitative estimate of drug-likeness (QED) is 0.746. The molecule has 0 atom stereocenters. The van der Waals surface area contributed by atoms with Crippen molar-refractivity contribution in [3.63, 3.8) is 0 Å². The number of hydrogen-bond donors (Lipinski definition) is 3. The minimum atomic E-state index is -0.122. The van der Waals surface area contributed by atoms with Crippen molar-refractivity contribution in [2.24, 2.45) is 5.92 Å². The van der Waals surface area contributed by atoms with Gasteiger partial charge in [0.2, 0.25) is 11.8 Å². The number of aryl methyl sites for hydroxylation is 2. The van der Waals surface area contributed by atoms with Gasteiger partial charge in [-0.3, -0.25) is 9.59 Å². The van der Waals surface area contributed by atoms with E-state index in [0.717, 1.165) is 22.5 Å². The minimum absolute atomic E-state index is 0.0373. The largest absolute Gasteiger partial charge is 0.376 e. The monoisotopic (exact) mass is 339 g/mol. The maximum absolute atomic E-state index is 12.1. The first-order valence-electron chi connectivity index (χ1n) is 8.37. The summed E-state index contributed by atoms with van der Waals surface area (Å²) >= 11 is 0. The van der Waals surface area contributed by atoms with Gasteiger partial charge in [0.05, 0.1) is 6.54 Å². The van der Waals surface area contributed by atoms with Gasteiger partial charge >= 0.3 is 0 Å². The van der Waals surface area contributed by atoms with E-state index in [1.54, 1.807) is 0 Å². The molecule has 2 aromatic carbocycles. The number of anilines is 3. The molecule has 5 heteroatoms. The van der Waals surface area contributed by atoms with Crippen LogP contribution in [0.25, 0.3) is 0 Å². The SMILES string of the molecule is Cc1ccc(NC(=O)CNc2cccc(NC(=O)C(C)C)c2)c(C)c1. The van der Waals surface area contributed by atoms with Gasteiger partial charge in [-0.05, 0) is 43.7 Å². The summed E-state index contributed by atoms with van der Waals surface area (Å²) < 4.78 is 0. The Morgan fingerprint density at radius 3 is 2.36 bits per heavy atom. The molecule has 0 aromatic heterocycles. The lowest BCUT2D eigenvalue weighted by molar-refractivity contribution is -0.119. The number of hydrogen-bond acceptors (Lipinski definition) is 3. The van der Waals surface area contributed by atoms with Gasteiger partial charge in [-0.2, -0.15) is 0 Å². The first-order chi connectivity index (χ1) is 11.8. The van der Waals surface area contributed by atoms with E-state index in [0.29, 0.717) is 5.69 Å². The standard InChI is InChI=1S/C20H25N3O2/c1-13(2)20(25)22-17-7-5-6-16(11-17)21-12-19(24)23-18-9-8-14(3)10-15(18)4/h5-11,13,21H,12H2,1-4H3,(H,22,25)(H,23,24). The summed E-state index contributed by atoms with van der Waals surface area (Å²) in [5, 5.41) is 8.82. The topological polar surface area (TPSA) is 70.2 Å². The molecule has 3 N–H and O–H groups in total. The van der Waals surface area contributed by atoms with Crippen LogP contribution in [0, 0.1) is 19.8 Å². The van der Waals surface area contributed by atoms with Crippen molar-refractivity contribution in [2.45, 2.75) is 27.7 Å². The molecule has 5 nitrogen and oxygen atoms in total. The van der Waals surface area contributed by atoms with E-state index in [1.165, 1.54) is 0 Å². The van der Waals surface area contributed by atoms with E-state index in [1.807, 2.05) is 70.2 Å². The summed E-state index contributed by atoms with van der Waals surface area (Å²) in [6, 6.07) is 13.2. The van der Waals surface area contributed by atoms with Crippen molar-refractivity contribution in [3.05, 3.63) is 53.6 Å². The highest BCUT2D eigenvalue weighted by atomic mass is 16.2. The lowest BCUT2D eigenvalue weighted by atomic mass is 10.1. The van der Waals surface area contributed by atoms with Gasteiger partial charge in [0, 0.05) is 23.0 Å². The van der Waals surface area contributed by atoms with Crippen LogP contribution in [0.4, 0.5) is 17.1 Å². The molecule has 0 saturated heterocycles. The predicted molar refractivity (Wildman–Crippen MR) is 103 cm³/mol. The third-order valence-corrected chi connectivity index (χ3v) is 3.76. The van der Waals surface area contributed by atoms with Crippen LogP contribution in [0.5, 0.6) is 0 Å². The summed E-state index contributed by atoms with van der Waals surface area (Å²) in [5.74, 6) is -0.242. The van der Waals surface area contributed by atoms with E-state index in [2.05, 4.69) is 16.0 Å². The van der Waals surface area contributed by atoms with Gasteiger partial charge in [-0.15, -0.1) is 0 Å². The maximum Gasteiger partial charge on any atom is 0.243 e. The van der Waals surface area contributed by atoms with Gasteiger partial charge in [-0.1, -0.05) is 37.6 Å². The number of nitrogens with one attached hydrogen (secondary N) is 3. The Kier molecular flexibility index (Phi) is 6.17. The van der Waals surface area contributed by atoms with Crippen molar-refractivity contribution in [2.75, 3.05) is 22.5 Å². The highest BCUT2D eigenvalue weighted by Gasteiger charge is 2.08. The number of amides is 2. The van der Waals surface area contributed by atoms with E-state index >= 15 is 0 Å². The minimum Gasteiger partial charge on any atom is -0.376 e. The zero-order valence-corrected chi connectivity index (χ0v) is 15.1. The predicted octanol–water partition coefficient (Wildman–Crippen LogP) is 3.95. The third kappa shape index (κ3) is 5.64. The summed E-state index contributed by atoms with van der Waals surface area (Å²) in [5.41, 5.74) is 4.49. The molecule has 132 valence electrons. The maximum atomic E-state index is 12.1. The summed E-state index contributed by atoms with van der Waals surface area (Å²) in [4.78, 5) is 23.9. The fourth-order valence-electron chi connectivity index (χ4n) is 2.32. The Hall–Kier alpha value is -2.82. The zero-order valence-electron chi connectivity index (χ0n) is 15.1. The molecule has 0 radical (unpaired) electrons. The van der Waals surface area contributed by atoms with Crippen molar-refractivity contribution in [1.82, 2.24) is 0 Å². The van der Waals surface area contributed by atoms with Crippen LogP contribution in [-0.2, 0) is 9.59 Å². The Morgan fingerprint density at radius 2 is 1.68 bits per heavy atom. The van der Waals surface area contributed by atoms with Crippen molar-refractivity contribution < 1.29 is 9.59 Å². The lowest BCUT2D eigenvalue weighted by Gasteiger charge is -2.12. The smallest absolute Gasteiger partial charge is 0.243 e. The molecular weight excluding hydrogens is 314 g/mol. The third-order valence-electron chi connectivity index (χ3n) is 3.76. The molecule has 0 aliphatic rings. The van der Waals surface area contributed by atoms with E-state index in [-0.39, 0.29) is 24.3 Å². The van der Waals surface area contributed by atoms with Crippen molar-refractivity contribution in [1.29, 1.82) is 0 Å².